The van der Waals surface area contributed by atoms with Gasteiger partial charge in [-0.05, 0) is 67.8 Å². The molecule has 3 heterocycles. The van der Waals surface area contributed by atoms with Crippen LogP contribution in [0.25, 0.3) is 5.65 Å². The van der Waals surface area contributed by atoms with E-state index in [9.17, 15) is 14.4 Å². The number of pyridine rings is 1. The SMILES string of the molecule is Cc1ccc(C)c(N2C(=O)c3ccc(C(=O)OCc4cn5cccc(C)c5n4)cc3C2=O)c1. The predicted octanol–water partition coefficient (Wildman–Crippen LogP) is 4.42. The molecule has 0 unspecified atom stereocenters. The fraction of sp³-hybridized carbons (Fsp3) is 0.154. The summed E-state index contributed by atoms with van der Waals surface area (Å²) < 4.78 is 7.30. The maximum atomic E-state index is 13.1. The lowest BCUT2D eigenvalue weighted by molar-refractivity contribution is 0.0468. The van der Waals surface area contributed by atoms with E-state index in [2.05, 4.69) is 4.98 Å². The van der Waals surface area contributed by atoms with E-state index in [1.807, 2.05) is 67.9 Å². The van der Waals surface area contributed by atoms with E-state index >= 15 is 0 Å². The second-order valence-corrected chi connectivity index (χ2v) is 8.23. The van der Waals surface area contributed by atoms with Crippen LogP contribution in [0.5, 0.6) is 0 Å². The number of carbonyl (C=O) groups excluding carboxylic acids is 3. The van der Waals surface area contributed by atoms with Crippen molar-refractivity contribution in [1.29, 1.82) is 0 Å². The van der Waals surface area contributed by atoms with Gasteiger partial charge in [-0.1, -0.05) is 18.2 Å². The van der Waals surface area contributed by atoms with E-state index in [4.69, 9.17) is 4.74 Å². The van der Waals surface area contributed by atoms with Crippen LogP contribution in [-0.2, 0) is 11.3 Å². The third-order valence-corrected chi connectivity index (χ3v) is 5.81. The first-order chi connectivity index (χ1) is 15.8. The molecule has 0 N–H and O–H groups in total. The molecule has 5 rings (SSSR count). The number of carbonyl (C=O) groups is 3. The number of amides is 2. The number of fused-ring (bicyclic) bond motifs is 2. The van der Waals surface area contributed by atoms with E-state index in [0.717, 1.165) is 22.3 Å². The van der Waals surface area contributed by atoms with Crippen molar-refractivity contribution in [3.63, 3.8) is 0 Å². The number of nitrogens with zero attached hydrogens (tertiary/aromatic N) is 3. The van der Waals surface area contributed by atoms with Crippen LogP contribution < -0.4 is 4.90 Å². The monoisotopic (exact) mass is 439 g/mol. The number of hydrogen-bond acceptors (Lipinski definition) is 5. The Morgan fingerprint density at radius 2 is 1.73 bits per heavy atom. The molecule has 0 spiro atoms. The maximum absolute atomic E-state index is 13.1. The molecule has 0 saturated carbocycles. The number of imidazole rings is 1. The van der Waals surface area contributed by atoms with Gasteiger partial charge in [0.1, 0.15) is 12.3 Å². The number of anilines is 1. The molecule has 2 aromatic carbocycles. The molecule has 2 amide bonds. The molecule has 1 aliphatic rings. The van der Waals surface area contributed by atoms with Gasteiger partial charge in [0.15, 0.2) is 0 Å². The number of ether oxygens (including phenoxy) is 1. The average Bonchev–Trinajstić information content (AvgIpc) is 3.33. The second-order valence-electron chi connectivity index (χ2n) is 8.23. The molecule has 4 aromatic rings. The first-order valence-electron chi connectivity index (χ1n) is 10.5. The molecular formula is C26H21N3O4. The molecule has 7 nitrogen and oxygen atoms in total. The fourth-order valence-corrected chi connectivity index (χ4v) is 4.04. The minimum Gasteiger partial charge on any atom is -0.456 e. The van der Waals surface area contributed by atoms with Crippen LogP contribution in [0.1, 0.15) is 53.5 Å². The lowest BCUT2D eigenvalue weighted by Crippen LogP contribution is -2.30. The predicted molar refractivity (Wildman–Crippen MR) is 123 cm³/mol. The summed E-state index contributed by atoms with van der Waals surface area (Å²) in [6.45, 7) is 5.71. The van der Waals surface area contributed by atoms with Crippen molar-refractivity contribution in [3.05, 3.63) is 100.0 Å². The molecule has 7 heteroatoms. The number of benzene rings is 2. The minimum atomic E-state index is -0.586. The summed E-state index contributed by atoms with van der Waals surface area (Å²) in [5, 5.41) is 0. The van der Waals surface area contributed by atoms with Crippen molar-refractivity contribution in [2.45, 2.75) is 27.4 Å². The Morgan fingerprint density at radius 3 is 2.52 bits per heavy atom. The van der Waals surface area contributed by atoms with Crippen molar-refractivity contribution in [2.24, 2.45) is 0 Å². The summed E-state index contributed by atoms with van der Waals surface area (Å²) in [7, 11) is 0. The van der Waals surface area contributed by atoms with Crippen LogP contribution in [0.4, 0.5) is 5.69 Å². The van der Waals surface area contributed by atoms with Crippen LogP contribution in [-0.4, -0.2) is 27.2 Å². The number of imide groups is 1. The highest BCUT2D eigenvalue weighted by atomic mass is 16.5. The molecule has 0 aliphatic carbocycles. The summed E-state index contributed by atoms with van der Waals surface area (Å²) in [6, 6.07) is 13.9. The first-order valence-corrected chi connectivity index (χ1v) is 10.5. The van der Waals surface area contributed by atoms with Crippen LogP contribution in [0.2, 0.25) is 0 Å². The zero-order valence-corrected chi connectivity index (χ0v) is 18.5. The Balaban J connectivity index is 1.38. The Morgan fingerprint density at radius 1 is 0.939 bits per heavy atom. The highest BCUT2D eigenvalue weighted by Crippen LogP contribution is 2.32. The van der Waals surface area contributed by atoms with Gasteiger partial charge >= 0.3 is 5.97 Å². The topological polar surface area (TPSA) is 81.0 Å². The summed E-state index contributed by atoms with van der Waals surface area (Å²) in [4.78, 5) is 44.4. The molecule has 33 heavy (non-hydrogen) atoms. The van der Waals surface area contributed by atoms with E-state index in [1.54, 1.807) is 0 Å². The lowest BCUT2D eigenvalue weighted by atomic mass is 10.1. The Bertz CT molecular complexity index is 1470. The van der Waals surface area contributed by atoms with Crippen molar-refractivity contribution in [2.75, 3.05) is 4.90 Å². The van der Waals surface area contributed by atoms with Gasteiger partial charge in [0.25, 0.3) is 11.8 Å². The molecule has 0 fully saturated rings. The first kappa shape index (κ1) is 20.6. The second kappa shape index (κ2) is 7.70. The van der Waals surface area contributed by atoms with Crippen LogP contribution >= 0.6 is 0 Å². The van der Waals surface area contributed by atoms with Gasteiger partial charge in [0.2, 0.25) is 0 Å². The van der Waals surface area contributed by atoms with Crippen molar-refractivity contribution in [3.8, 4) is 0 Å². The van der Waals surface area contributed by atoms with Gasteiger partial charge in [-0.2, -0.15) is 0 Å². The lowest BCUT2D eigenvalue weighted by Gasteiger charge is -2.17. The normalized spacial score (nSPS) is 13.0. The van der Waals surface area contributed by atoms with Gasteiger partial charge in [0.05, 0.1) is 28.1 Å². The molecule has 0 radical (unpaired) electrons. The summed E-state index contributed by atoms with van der Waals surface area (Å²) >= 11 is 0. The highest BCUT2D eigenvalue weighted by molar-refractivity contribution is 6.35. The molecule has 0 bridgehead atoms. The molecule has 0 saturated heterocycles. The fourth-order valence-electron chi connectivity index (χ4n) is 4.04. The molecule has 0 atom stereocenters. The standard InChI is InChI=1S/C26H21N3O4/c1-15-6-7-16(2)22(11-15)29-24(30)20-9-8-18(12-21(20)25(29)31)26(32)33-14-19-13-28-10-4-5-17(3)23(28)27-19/h4-13H,14H2,1-3H3. The van der Waals surface area contributed by atoms with Gasteiger partial charge in [-0.15, -0.1) is 0 Å². The average molecular weight is 439 g/mol. The third-order valence-electron chi connectivity index (χ3n) is 5.81. The number of aromatic nitrogens is 2. The summed E-state index contributed by atoms with van der Waals surface area (Å²) in [5.74, 6) is -1.44. The van der Waals surface area contributed by atoms with Gasteiger partial charge < -0.3 is 9.14 Å². The maximum Gasteiger partial charge on any atom is 0.338 e. The van der Waals surface area contributed by atoms with Crippen LogP contribution in [0.15, 0.2) is 60.9 Å². The van der Waals surface area contributed by atoms with Gasteiger partial charge in [0, 0.05) is 12.4 Å². The van der Waals surface area contributed by atoms with E-state index < -0.39 is 17.8 Å². The zero-order valence-electron chi connectivity index (χ0n) is 18.5. The van der Waals surface area contributed by atoms with Crippen molar-refractivity contribution < 1.29 is 19.1 Å². The number of hydrogen-bond donors (Lipinski definition) is 0. The summed E-state index contributed by atoms with van der Waals surface area (Å²) in [6.07, 6.45) is 3.69. The number of rotatable bonds is 4. The quantitative estimate of drug-likeness (QED) is 0.347. The van der Waals surface area contributed by atoms with E-state index in [1.165, 1.54) is 23.1 Å². The van der Waals surface area contributed by atoms with Gasteiger partial charge in [-0.25, -0.2) is 14.7 Å². The zero-order chi connectivity index (χ0) is 23.3. The number of esters is 1. The highest BCUT2D eigenvalue weighted by Gasteiger charge is 2.38. The largest absolute Gasteiger partial charge is 0.456 e. The third kappa shape index (κ3) is 3.47. The van der Waals surface area contributed by atoms with Crippen LogP contribution in [0.3, 0.4) is 0 Å². The van der Waals surface area contributed by atoms with Crippen molar-refractivity contribution in [1.82, 2.24) is 9.38 Å². The smallest absolute Gasteiger partial charge is 0.338 e. The molecule has 2 aromatic heterocycles. The molecule has 1 aliphatic heterocycles. The summed E-state index contributed by atoms with van der Waals surface area (Å²) in [5.41, 5.74) is 5.42. The Hall–Kier alpha value is -4.26. The number of aryl methyl sites for hydroxylation is 3. The minimum absolute atomic E-state index is 0.00146. The van der Waals surface area contributed by atoms with E-state index in [0.29, 0.717) is 11.4 Å². The van der Waals surface area contributed by atoms with Crippen molar-refractivity contribution >= 4 is 29.1 Å². The van der Waals surface area contributed by atoms with Crippen LogP contribution in [0, 0.1) is 20.8 Å². The van der Waals surface area contributed by atoms with E-state index in [-0.39, 0.29) is 23.3 Å². The molecular weight excluding hydrogens is 418 g/mol. The Kier molecular flexibility index (Phi) is 4.82. The van der Waals surface area contributed by atoms with Gasteiger partial charge in [-0.3, -0.25) is 9.59 Å². The Labute approximate surface area is 190 Å². The molecule has 164 valence electrons.